The number of nitrogens with zero attached hydrogens (tertiary/aromatic N) is 1. The van der Waals surface area contributed by atoms with Crippen LogP contribution in [0.5, 0.6) is 0 Å². The number of ketones is 1. The smallest absolute Gasteiger partial charge is 0.306 e. The normalized spacial score (nSPS) is 14.1. The molecule has 1 rings (SSSR count). The average molecular weight is 239 g/mol. The van der Waals surface area contributed by atoms with Crippen molar-refractivity contribution >= 4 is 11.8 Å². The lowest BCUT2D eigenvalue weighted by Gasteiger charge is -2.15. The summed E-state index contributed by atoms with van der Waals surface area (Å²) in [5.74, 6) is -1.37. The van der Waals surface area contributed by atoms with E-state index in [1.165, 1.54) is 25.3 Å². The van der Waals surface area contributed by atoms with Crippen LogP contribution in [0.2, 0.25) is 0 Å². The molecular weight excluding hydrogens is 226 g/mol. The van der Waals surface area contributed by atoms with Gasteiger partial charge in [0, 0.05) is 11.8 Å². The van der Waals surface area contributed by atoms with E-state index in [-0.39, 0.29) is 11.5 Å². The van der Waals surface area contributed by atoms with Crippen molar-refractivity contribution in [1.82, 2.24) is 4.98 Å². The van der Waals surface area contributed by atoms with E-state index in [1.807, 2.05) is 0 Å². The molecule has 2 unspecified atom stereocenters. The predicted molar refractivity (Wildman–Crippen MR) is 57.5 cm³/mol. The number of hydrogen-bond donors (Lipinski definition) is 3. The molecule has 0 aliphatic heterocycles. The van der Waals surface area contributed by atoms with Gasteiger partial charge in [-0.15, -0.1) is 0 Å². The lowest BCUT2D eigenvalue weighted by molar-refractivity contribution is -0.141. The maximum Gasteiger partial charge on any atom is 0.306 e. The second-order valence-corrected chi connectivity index (χ2v) is 3.64. The van der Waals surface area contributed by atoms with Gasteiger partial charge in [-0.25, -0.2) is 0 Å². The zero-order chi connectivity index (χ0) is 13.0. The molecule has 1 aromatic rings. The Labute approximate surface area is 97.5 Å². The number of carbonyl (C=O) groups is 2. The molecule has 0 saturated heterocycles. The highest BCUT2D eigenvalue weighted by Gasteiger charge is 2.22. The third kappa shape index (κ3) is 3.61. The SMILES string of the molecule is CC(=O)c1ccc(C(O)C(O)CC(=O)O)nc1. The van der Waals surface area contributed by atoms with Crippen LogP contribution < -0.4 is 0 Å². The largest absolute Gasteiger partial charge is 0.481 e. The first-order valence-corrected chi connectivity index (χ1v) is 4.96. The molecule has 0 aliphatic carbocycles. The molecule has 3 N–H and O–H groups in total. The molecule has 0 aromatic carbocycles. The summed E-state index contributed by atoms with van der Waals surface area (Å²) in [5.41, 5.74) is 0.512. The van der Waals surface area contributed by atoms with E-state index in [4.69, 9.17) is 5.11 Å². The maximum absolute atomic E-state index is 11.0. The molecule has 17 heavy (non-hydrogen) atoms. The van der Waals surface area contributed by atoms with Crippen LogP contribution in [0.3, 0.4) is 0 Å². The number of hydrogen-bond acceptors (Lipinski definition) is 5. The summed E-state index contributed by atoms with van der Waals surface area (Å²) >= 11 is 0. The van der Waals surface area contributed by atoms with Crippen molar-refractivity contribution in [3.05, 3.63) is 29.6 Å². The van der Waals surface area contributed by atoms with Gasteiger partial charge >= 0.3 is 5.97 Å². The highest BCUT2D eigenvalue weighted by atomic mass is 16.4. The van der Waals surface area contributed by atoms with Gasteiger partial charge < -0.3 is 15.3 Å². The number of pyridine rings is 1. The molecule has 2 atom stereocenters. The standard InChI is InChI=1S/C11H13NO5/c1-6(13)7-2-3-8(12-5-7)11(17)9(14)4-10(15)16/h2-3,5,9,11,14,17H,4H2,1H3,(H,15,16). The summed E-state index contributed by atoms with van der Waals surface area (Å²) in [6, 6.07) is 2.84. The van der Waals surface area contributed by atoms with E-state index in [1.54, 1.807) is 0 Å². The Bertz CT molecular complexity index is 414. The van der Waals surface area contributed by atoms with E-state index in [0.29, 0.717) is 5.56 Å². The molecule has 6 nitrogen and oxygen atoms in total. The van der Waals surface area contributed by atoms with Gasteiger partial charge in [0.05, 0.1) is 18.2 Å². The van der Waals surface area contributed by atoms with Gasteiger partial charge in [0.1, 0.15) is 6.10 Å². The summed E-state index contributed by atoms with van der Waals surface area (Å²) in [6.07, 6.45) is -2.11. The number of aliphatic carboxylic acids is 1. The fraction of sp³-hybridized carbons (Fsp3) is 0.364. The minimum absolute atomic E-state index is 0.128. The third-order valence-corrected chi connectivity index (χ3v) is 2.24. The Kier molecular flexibility index (Phi) is 4.30. The molecule has 0 spiro atoms. The van der Waals surface area contributed by atoms with Crippen LogP contribution in [-0.4, -0.2) is 38.2 Å². The van der Waals surface area contributed by atoms with E-state index >= 15 is 0 Å². The van der Waals surface area contributed by atoms with Crippen LogP contribution in [0.25, 0.3) is 0 Å². The molecule has 92 valence electrons. The number of aromatic nitrogens is 1. The van der Waals surface area contributed by atoms with Crippen molar-refractivity contribution < 1.29 is 24.9 Å². The van der Waals surface area contributed by atoms with E-state index in [2.05, 4.69) is 4.98 Å². The Morgan fingerprint density at radius 1 is 1.35 bits per heavy atom. The lowest BCUT2D eigenvalue weighted by atomic mass is 10.1. The molecule has 6 heteroatoms. The van der Waals surface area contributed by atoms with Crippen molar-refractivity contribution in [1.29, 1.82) is 0 Å². The summed E-state index contributed by atoms with van der Waals surface area (Å²) in [7, 11) is 0. The zero-order valence-corrected chi connectivity index (χ0v) is 9.20. The van der Waals surface area contributed by atoms with Crippen LogP contribution in [0, 0.1) is 0 Å². The van der Waals surface area contributed by atoms with E-state index < -0.39 is 24.6 Å². The first-order chi connectivity index (χ1) is 7.91. The minimum Gasteiger partial charge on any atom is -0.481 e. The van der Waals surface area contributed by atoms with Gasteiger partial charge in [-0.2, -0.15) is 0 Å². The topological polar surface area (TPSA) is 108 Å². The second-order valence-electron chi connectivity index (χ2n) is 3.64. The number of Topliss-reactive ketones (excluding diaryl/α,β-unsaturated/α-hetero) is 1. The number of rotatable bonds is 5. The Morgan fingerprint density at radius 3 is 2.41 bits per heavy atom. The summed E-state index contributed by atoms with van der Waals surface area (Å²) in [6.45, 7) is 1.38. The third-order valence-electron chi connectivity index (χ3n) is 2.24. The van der Waals surface area contributed by atoms with Crippen molar-refractivity contribution in [3.63, 3.8) is 0 Å². The lowest BCUT2D eigenvalue weighted by Crippen LogP contribution is -2.22. The summed E-state index contributed by atoms with van der Waals surface area (Å²) < 4.78 is 0. The number of carbonyl (C=O) groups excluding carboxylic acids is 1. The monoisotopic (exact) mass is 239 g/mol. The predicted octanol–water partition coefficient (Wildman–Crippen LogP) is 0.153. The summed E-state index contributed by atoms with van der Waals surface area (Å²) in [4.78, 5) is 25.1. The maximum atomic E-state index is 11.0. The Hall–Kier alpha value is -1.79. The van der Waals surface area contributed by atoms with Gasteiger partial charge in [0.2, 0.25) is 0 Å². The fourth-order valence-corrected chi connectivity index (χ4v) is 1.28. The van der Waals surface area contributed by atoms with Crippen molar-refractivity contribution in [2.24, 2.45) is 0 Å². The first-order valence-electron chi connectivity index (χ1n) is 4.96. The van der Waals surface area contributed by atoms with Gasteiger partial charge in [-0.3, -0.25) is 14.6 Å². The van der Waals surface area contributed by atoms with Crippen LogP contribution in [0.15, 0.2) is 18.3 Å². The molecule has 0 amide bonds. The number of carboxylic acids is 1. The van der Waals surface area contributed by atoms with Crippen molar-refractivity contribution in [3.8, 4) is 0 Å². The van der Waals surface area contributed by atoms with E-state index in [9.17, 15) is 19.8 Å². The number of carboxylic acid groups (broad SMARTS) is 1. The Morgan fingerprint density at radius 2 is 2.00 bits per heavy atom. The van der Waals surface area contributed by atoms with Crippen LogP contribution >= 0.6 is 0 Å². The Balaban J connectivity index is 2.78. The van der Waals surface area contributed by atoms with Crippen LogP contribution in [0.1, 0.15) is 35.5 Å². The number of aliphatic hydroxyl groups excluding tert-OH is 2. The van der Waals surface area contributed by atoms with Gasteiger partial charge in [0.15, 0.2) is 5.78 Å². The van der Waals surface area contributed by atoms with Gasteiger partial charge in [-0.1, -0.05) is 0 Å². The van der Waals surface area contributed by atoms with E-state index in [0.717, 1.165) is 0 Å². The zero-order valence-electron chi connectivity index (χ0n) is 9.20. The molecule has 0 aliphatic rings. The number of aliphatic hydroxyl groups is 2. The fourth-order valence-electron chi connectivity index (χ4n) is 1.28. The molecular formula is C11H13NO5. The molecule has 1 heterocycles. The van der Waals surface area contributed by atoms with Crippen molar-refractivity contribution in [2.45, 2.75) is 25.6 Å². The summed E-state index contributed by atoms with van der Waals surface area (Å²) in [5, 5.41) is 27.4. The molecule has 0 bridgehead atoms. The van der Waals surface area contributed by atoms with Crippen LogP contribution in [-0.2, 0) is 4.79 Å². The minimum atomic E-state index is -1.43. The highest BCUT2D eigenvalue weighted by Crippen LogP contribution is 2.17. The van der Waals surface area contributed by atoms with Crippen molar-refractivity contribution in [2.75, 3.05) is 0 Å². The molecule has 0 fully saturated rings. The molecule has 0 radical (unpaired) electrons. The first kappa shape index (κ1) is 13.3. The second kappa shape index (κ2) is 5.51. The van der Waals surface area contributed by atoms with Gasteiger partial charge in [-0.05, 0) is 19.1 Å². The molecule has 1 aromatic heterocycles. The van der Waals surface area contributed by atoms with Gasteiger partial charge in [0.25, 0.3) is 0 Å². The van der Waals surface area contributed by atoms with Crippen LogP contribution in [0.4, 0.5) is 0 Å². The quantitative estimate of drug-likeness (QED) is 0.631. The molecule has 0 saturated carbocycles. The highest BCUT2D eigenvalue weighted by molar-refractivity contribution is 5.93. The average Bonchev–Trinajstić information content (AvgIpc) is 2.27.